The molecule has 0 unspecified atom stereocenters. The molecule has 1 spiro atoms. The monoisotopic (exact) mass is 402 g/mol. The highest BCUT2D eigenvalue weighted by atomic mass is 32.2. The van der Waals surface area contributed by atoms with Crippen molar-refractivity contribution in [3.05, 3.63) is 90.0 Å². The van der Waals surface area contributed by atoms with Crippen LogP contribution in [0.4, 0.5) is 11.4 Å². The second-order valence-corrected chi connectivity index (χ2v) is 8.10. The molecule has 1 N–H and O–H groups in total. The number of hydrogen-bond acceptors (Lipinski definition) is 4. The van der Waals surface area contributed by atoms with Crippen molar-refractivity contribution in [3.8, 4) is 5.75 Å². The third-order valence-electron chi connectivity index (χ3n) is 5.16. The first kappa shape index (κ1) is 17.8. The van der Waals surface area contributed by atoms with Crippen LogP contribution in [0, 0.1) is 0 Å². The van der Waals surface area contributed by atoms with Crippen molar-refractivity contribution in [2.75, 3.05) is 16.0 Å². The SMILES string of the molecule is O=C1CS[C@]2(C(=O)Nc3ccccc32)N1c1ccc(OCc2ccccc2)cc1. The van der Waals surface area contributed by atoms with Crippen molar-refractivity contribution in [3.63, 3.8) is 0 Å². The Hall–Kier alpha value is -3.25. The van der Waals surface area contributed by atoms with Crippen LogP contribution in [0.15, 0.2) is 78.9 Å². The van der Waals surface area contributed by atoms with Crippen molar-refractivity contribution in [2.45, 2.75) is 11.5 Å². The first-order chi connectivity index (χ1) is 14.2. The molecule has 0 aromatic heterocycles. The number of amides is 2. The number of carbonyl (C=O) groups is 2. The molecule has 1 saturated heterocycles. The molecule has 2 heterocycles. The first-order valence-corrected chi connectivity index (χ1v) is 10.3. The van der Waals surface area contributed by atoms with Gasteiger partial charge in [0.1, 0.15) is 12.4 Å². The number of carbonyl (C=O) groups excluding carboxylic acids is 2. The number of hydrogen-bond donors (Lipinski definition) is 1. The summed E-state index contributed by atoms with van der Waals surface area (Å²) in [7, 11) is 0. The van der Waals surface area contributed by atoms with Crippen molar-refractivity contribution in [1.29, 1.82) is 0 Å². The maximum absolute atomic E-state index is 13.0. The molecule has 144 valence electrons. The molecule has 6 heteroatoms. The van der Waals surface area contributed by atoms with E-state index in [1.54, 1.807) is 4.90 Å². The highest BCUT2D eigenvalue weighted by Crippen LogP contribution is 2.53. The fourth-order valence-corrected chi connectivity index (χ4v) is 5.12. The number of anilines is 2. The molecule has 5 nitrogen and oxygen atoms in total. The highest BCUT2D eigenvalue weighted by molar-refractivity contribution is 8.02. The summed E-state index contributed by atoms with van der Waals surface area (Å²) in [6.07, 6.45) is 0. The minimum absolute atomic E-state index is 0.0835. The van der Waals surface area contributed by atoms with Gasteiger partial charge in [-0.2, -0.15) is 0 Å². The van der Waals surface area contributed by atoms with E-state index in [4.69, 9.17) is 4.74 Å². The Morgan fingerprint density at radius 3 is 2.45 bits per heavy atom. The lowest BCUT2D eigenvalue weighted by Gasteiger charge is -2.32. The predicted molar refractivity (Wildman–Crippen MR) is 114 cm³/mol. The van der Waals surface area contributed by atoms with Gasteiger partial charge in [0.15, 0.2) is 0 Å². The van der Waals surface area contributed by atoms with Gasteiger partial charge in [-0.1, -0.05) is 48.5 Å². The maximum Gasteiger partial charge on any atom is 0.266 e. The summed E-state index contributed by atoms with van der Waals surface area (Å²) in [5, 5.41) is 2.92. The Kier molecular flexibility index (Phi) is 4.28. The van der Waals surface area contributed by atoms with Crippen LogP contribution in [0.3, 0.4) is 0 Å². The summed E-state index contributed by atoms with van der Waals surface area (Å²) in [6, 6.07) is 24.8. The van der Waals surface area contributed by atoms with Gasteiger partial charge in [0.25, 0.3) is 5.91 Å². The van der Waals surface area contributed by atoms with Crippen LogP contribution in [0.5, 0.6) is 5.75 Å². The second kappa shape index (κ2) is 6.97. The number of nitrogens with zero attached hydrogens (tertiary/aromatic N) is 1. The van der Waals surface area contributed by atoms with E-state index in [0.29, 0.717) is 18.0 Å². The molecule has 2 amide bonds. The van der Waals surface area contributed by atoms with Crippen LogP contribution in [0.1, 0.15) is 11.1 Å². The topological polar surface area (TPSA) is 58.6 Å². The Labute approximate surface area is 172 Å². The number of ether oxygens (including phenoxy) is 1. The largest absolute Gasteiger partial charge is 0.489 e. The maximum atomic E-state index is 13.0. The van der Waals surface area contributed by atoms with E-state index in [1.807, 2.05) is 78.9 Å². The van der Waals surface area contributed by atoms with E-state index < -0.39 is 4.87 Å². The lowest BCUT2D eigenvalue weighted by Crippen LogP contribution is -2.47. The van der Waals surface area contributed by atoms with Gasteiger partial charge in [0.2, 0.25) is 10.8 Å². The van der Waals surface area contributed by atoms with Crippen molar-refractivity contribution in [1.82, 2.24) is 0 Å². The van der Waals surface area contributed by atoms with E-state index >= 15 is 0 Å². The van der Waals surface area contributed by atoms with Crippen LogP contribution >= 0.6 is 11.8 Å². The van der Waals surface area contributed by atoms with Crippen molar-refractivity contribution < 1.29 is 14.3 Å². The molecule has 0 saturated carbocycles. The standard InChI is InChI=1S/C23H18N2O3S/c26-21-15-29-23(19-8-4-5-9-20(19)24-22(23)27)25(21)17-10-12-18(13-11-17)28-14-16-6-2-1-3-7-16/h1-13H,14-15H2,(H,24,27)/t23-/m1/s1. The number of thioether (sulfide) groups is 1. The fraction of sp³-hybridized carbons (Fsp3) is 0.130. The Morgan fingerprint density at radius 1 is 0.931 bits per heavy atom. The summed E-state index contributed by atoms with van der Waals surface area (Å²) in [6.45, 7) is 0.471. The molecule has 0 aliphatic carbocycles. The molecule has 1 atom stereocenters. The van der Waals surface area contributed by atoms with Gasteiger partial charge in [-0.25, -0.2) is 0 Å². The summed E-state index contributed by atoms with van der Waals surface area (Å²) in [5.74, 6) is 0.703. The van der Waals surface area contributed by atoms with Gasteiger partial charge < -0.3 is 10.1 Å². The minimum atomic E-state index is -1.06. The Bertz CT molecular complexity index is 1080. The molecular weight excluding hydrogens is 384 g/mol. The number of benzene rings is 3. The van der Waals surface area contributed by atoms with E-state index in [0.717, 1.165) is 16.8 Å². The average molecular weight is 402 g/mol. The van der Waals surface area contributed by atoms with Gasteiger partial charge in [-0.3, -0.25) is 14.5 Å². The smallest absolute Gasteiger partial charge is 0.266 e. The first-order valence-electron chi connectivity index (χ1n) is 9.33. The van der Waals surface area contributed by atoms with Crippen molar-refractivity contribution in [2.24, 2.45) is 0 Å². The minimum Gasteiger partial charge on any atom is -0.489 e. The van der Waals surface area contributed by atoms with Gasteiger partial charge >= 0.3 is 0 Å². The van der Waals surface area contributed by atoms with E-state index in [1.165, 1.54) is 11.8 Å². The molecule has 3 aromatic rings. The van der Waals surface area contributed by atoms with Crippen molar-refractivity contribution >= 4 is 35.0 Å². The molecule has 2 aliphatic heterocycles. The van der Waals surface area contributed by atoms with E-state index in [2.05, 4.69) is 5.32 Å². The number of rotatable bonds is 4. The third kappa shape index (κ3) is 2.87. The lowest BCUT2D eigenvalue weighted by atomic mass is 10.0. The third-order valence-corrected chi connectivity index (χ3v) is 6.56. The molecule has 2 aliphatic rings. The second-order valence-electron chi connectivity index (χ2n) is 6.93. The average Bonchev–Trinajstić information content (AvgIpc) is 3.25. The summed E-state index contributed by atoms with van der Waals surface area (Å²) in [4.78, 5) is 26.3. The molecule has 29 heavy (non-hydrogen) atoms. The lowest BCUT2D eigenvalue weighted by molar-refractivity contribution is -0.122. The normalized spacial score (nSPS) is 20.1. The fourth-order valence-electron chi connectivity index (χ4n) is 3.81. The quantitative estimate of drug-likeness (QED) is 0.712. The van der Waals surface area contributed by atoms with Crippen LogP contribution < -0.4 is 15.0 Å². The molecule has 0 bridgehead atoms. The van der Waals surface area contributed by atoms with Gasteiger partial charge in [0.05, 0.1) is 5.75 Å². The highest BCUT2D eigenvalue weighted by Gasteiger charge is 2.58. The summed E-state index contributed by atoms with van der Waals surface area (Å²) < 4.78 is 5.84. The number of nitrogens with one attached hydrogen (secondary N) is 1. The Balaban J connectivity index is 1.44. The van der Waals surface area contributed by atoms with Crippen LogP contribution in [0.2, 0.25) is 0 Å². The van der Waals surface area contributed by atoms with Gasteiger partial charge in [-0.15, -0.1) is 11.8 Å². The van der Waals surface area contributed by atoms with Gasteiger partial charge in [-0.05, 0) is 35.9 Å². The molecule has 3 aromatic carbocycles. The number of para-hydroxylation sites is 1. The zero-order valence-corrected chi connectivity index (χ0v) is 16.3. The molecule has 1 fully saturated rings. The van der Waals surface area contributed by atoms with E-state index in [9.17, 15) is 9.59 Å². The zero-order chi connectivity index (χ0) is 19.8. The predicted octanol–water partition coefficient (Wildman–Crippen LogP) is 4.15. The van der Waals surface area contributed by atoms with Gasteiger partial charge in [0, 0.05) is 16.9 Å². The summed E-state index contributed by atoms with van der Waals surface area (Å²) >= 11 is 1.36. The molecule has 5 rings (SSSR count). The molecule has 0 radical (unpaired) electrons. The molecular formula is C23H18N2O3S. The van der Waals surface area contributed by atoms with Crippen LogP contribution in [-0.2, 0) is 21.1 Å². The van der Waals surface area contributed by atoms with E-state index in [-0.39, 0.29) is 17.6 Å². The number of fused-ring (bicyclic) bond motifs is 2. The Morgan fingerprint density at radius 2 is 1.66 bits per heavy atom. The van der Waals surface area contributed by atoms with Crippen LogP contribution in [-0.4, -0.2) is 17.6 Å². The zero-order valence-electron chi connectivity index (χ0n) is 15.5. The summed E-state index contributed by atoms with van der Waals surface area (Å²) in [5.41, 5.74) is 3.34. The van der Waals surface area contributed by atoms with Crippen LogP contribution in [0.25, 0.3) is 0 Å².